The van der Waals surface area contributed by atoms with E-state index in [2.05, 4.69) is 0 Å². The van der Waals surface area contributed by atoms with Gasteiger partial charge in [0, 0.05) is 6.61 Å². The molecule has 0 spiro atoms. The van der Waals surface area contributed by atoms with Crippen LogP contribution in [0.2, 0.25) is 0 Å². The van der Waals surface area contributed by atoms with Gasteiger partial charge in [0.2, 0.25) is 0 Å². The summed E-state index contributed by atoms with van der Waals surface area (Å²) in [5.41, 5.74) is 5.33. The molecule has 94 valence electrons. The highest BCUT2D eigenvalue weighted by Gasteiger charge is 2.36. The third-order valence-electron chi connectivity index (χ3n) is 2.99. The van der Waals surface area contributed by atoms with E-state index in [4.69, 9.17) is 10.5 Å². The smallest absolute Gasteiger partial charge is 0.376 e. The van der Waals surface area contributed by atoms with Crippen LogP contribution in [0.15, 0.2) is 24.3 Å². The molecule has 0 bridgehead atoms. The quantitative estimate of drug-likeness (QED) is 0.869. The van der Waals surface area contributed by atoms with Crippen molar-refractivity contribution in [2.75, 3.05) is 6.61 Å². The fourth-order valence-electron chi connectivity index (χ4n) is 2.13. The van der Waals surface area contributed by atoms with Crippen LogP contribution < -0.4 is 5.73 Å². The Morgan fingerprint density at radius 3 is 2.59 bits per heavy atom. The first kappa shape index (κ1) is 12.4. The summed E-state index contributed by atoms with van der Waals surface area (Å²) in [6.45, 7) is 0.576. The molecule has 5 heteroatoms. The first-order chi connectivity index (χ1) is 8.00. The second-order valence-corrected chi connectivity index (χ2v) is 4.16. The van der Waals surface area contributed by atoms with Crippen LogP contribution in [0.4, 0.5) is 13.2 Å². The Kier molecular flexibility index (Phi) is 3.40. The van der Waals surface area contributed by atoms with Gasteiger partial charge in [-0.2, -0.15) is 13.2 Å². The summed E-state index contributed by atoms with van der Waals surface area (Å²) in [5.74, 6) is 0. The molecule has 1 aromatic carbocycles. The standard InChI is InChI=1S/C12H14F3NO/c13-12(14,15)9-5-2-1-4-8(9)11(16)10-6-3-7-17-10/h1-2,4-5,10-11H,3,6-7,16H2. The van der Waals surface area contributed by atoms with Crippen molar-refractivity contribution in [1.82, 2.24) is 0 Å². The van der Waals surface area contributed by atoms with Crippen LogP contribution >= 0.6 is 0 Å². The monoisotopic (exact) mass is 245 g/mol. The highest BCUT2D eigenvalue weighted by molar-refractivity contribution is 5.33. The molecule has 2 unspecified atom stereocenters. The SMILES string of the molecule is NC(c1ccccc1C(F)(F)F)C1CCCO1. The Labute approximate surface area is 97.6 Å². The number of nitrogens with two attached hydrogens (primary N) is 1. The number of benzene rings is 1. The topological polar surface area (TPSA) is 35.2 Å². The molecular weight excluding hydrogens is 231 g/mol. The molecule has 1 heterocycles. The molecule has 17 heavy (non-hydrogen) atoms. The van der Waals surface area contributed by atoms with E-state index in [0.29, 0.717) is 13.0 Å². The van der Waals surface area contributed by atoms with Crippen molar-refractivity contribution in [1.29, 1.82) is 0 Å². The zero-order valence-electron chi connectivity index (χ0n) is 9.20. The zero-order valence-corrected chi connectivity index (χ0v) is 9.20. The molecule has 1 aliphatic rings. The molecule has 2 rings (SSSR count). The Balaban J connectivity index is 2.31. The second-order valence-electron chi connectivity index (χ2n) is 4.16. The summed E-state index contributed by atoms with van der Waals surface area (Å²) >= 11 is 0. The van der Waals surface area contributed by atoms with Gasteiger partial charge in [-0.15, -0.1) is 0 Å². The molecule has 0 aliphatic carbocycles. The summed E-state index contributed by atoms with van der Waals surface area (Å²) in [6, 6.07) is 4.71. The van der Waals surface area contributed by atoms with Crippen LogP contribution in [-0.2, 0) is 10.9 Å². The maximum Gasteiger partial charge on any atom is 0.416 e. The minimum atomic E-state index is -4.37. The highest BCUT2D eigenvalue weighted by atomic mass is 19.4. The van der Waals surface area contributed by atoms with E-state index >= 15 is 0 Å². The Bertz CT molecular complexity index is 386. The van der Waals surface area contributed by atoms with Crippen molar-refractivity contribution in [2.24, 2.45) is 5.73 Å². The lowest BCUT2D eigenvalue weighted by atomic mass is 9.95. The molecule has 0 saturated carbocycles. The third kappa shape index (κ3) is 2.61. The Morgan fingerprint density at radius 2 is 2.00 bits per heavy atom. The van der Waals surface area contributed by atoms with Gasteiger partial charge in [-0.25, -0.2) is 0 Å². The van der Waals surface area contributed by atoms with Gasteiger partial charge in [0.1, 0.15) is 0 Å². The fraction of sp³-hybridized carbons (Fsp3) is 0.500. The average molecular weight is 245 g/mol. The molecule has 1 aliphatic heterocycles. The van der Waals surface area contributed by atoms with Gasteiger partial charge in [0.05, 0.1) is 17.7 Å². The first-order valence-corrected chi connectivity index (χ1v) is 5.53. The zero-order chi connectivity index (χ0) is 12.5. The predicted octanol–water partition coefficient (Wildman–Crippen LogP) is 2.88. The second kappa shape index (κ2) is 4.66. The maximum atomic E-state index is 12.8. The molecule has 0 amide bonds. The van der Waals surface area contributed by atoms with Gasteiger partial charge in [-0.3, -0.25) is 0 Å². The van der Waals surface area contributed by atoms with Gasteiger partial charge in [-0.05, 0) is 24.5 Å². The van der Waals surface area contributed by atoms with Crippen molar-refractivity contribution in [3.63, 3.8) is 0 Å². The molecule has 2 N–H and O–H groups in total. The van der Waals surface area contributed by atoms with E-state index in [1.54, 1.807) is 6.07 Å². The summed E-state index contributed by atoms with van der Waals surface area (Å²) in [4.78, 5) is 0. The number of ether oxygens (including phenoxy) is 1. The number of halogens is 3. The highest BCUT2D eigenvalue weighted by Crippen LogP contribution is 2.36. The van der Waals surface area contributed by atoms with Gasteiger partial charge in [0.15, 0.2) is 0 Å². The maximum absolute atomic E-state index is 12.8. The molecular formula is C12H14F3NO. The van der Waals surface area contributed by atoms with Crippen molar-refractivity contribution in [3.8, 4) is 0 Å². The molecule has 0 radical (unpaired) electrons. The number of rotatable bonds is 2. The number of hydrogen-bond donors (Lipinski definition) is 1. The average Bonchev–Trinajstić information content (AvgIpc) is 2.80. The molecule has 2 nitrogen and oxygen atoms in total. The number of alkyl halides is 3. The van der Waals surface area contributed by atoms with E-state index in [0.717, 1.165) is 12.5 Å². The van der Waals surface area contributed by atoms with Crippen LogP contribution in [0.5, 0.6) is 0 Å². The molecule has 2 atom stereocenters. The van der Waals surface area contributed by atoms with Crippen molar-refractivity contribution >= 4 is 0 Å². The minimum absolute atomic E-state index is 0.118. The van der Waals surface area contributed by atoms with Gasteiger partial charge < -0.3 is 10.5 Å². The van der Waals surface area contributed by atoms with E-state index < -0.39 is 17.8 Å². The van der Waals surface area contributed by atoms with Crippen LogP contribution in [0, 0.1) is 0 Å². The largest absolute Gasteiger partial charge is 0.416 e. The summed E-state index contributed by atoms with van der Waals surface area (Å²) < 4.78 is 43.7. The predicted molar refractivity (Wildman–Crippen MR) is 57.3 cm³/mol. The van der Waals surface area contributed by atoms with Crippen LogP contribution in [-0.4, -0.2) is 12.7 Å². The van der Waals surface area contributed by atoms with Gasteiger partial charge in [0.25, 0.3) is 0 Å². The lowest BCUT2D eigenvalue weighted by molar-refractivity contribution is -0.138. The van der Waals surface area contributed by atoms with E-state index in [-0.39, 0.29) is 11.7 Å². The van der Waals surface area contributed by atoms with Crippen LogP contribution in [0.1, 0.15) is 30.0 Å². The Hall–Kier alpha value is -1.07. The summed E-state index contributed by atoms with van der Waals surface area (Å²) in [6.07, 6.45) is -3.11. The summed E-state index contributed by atoms with van der Waals surface area (Å²) in [7, 11) is 0. The molecule has 1 aromatic rings. The van der Waals surface area contributed by atoms with Crippen molar-refractivity contribution in [2.45, 2.75) is 31.2 Å². The first-order valence-electron chi connectivity index (χ1n) is 5.53. The van der Waals surface area contributed by atoms with Crippen molar-refractivity contribution in [3.05, 3.63) is 35.4 Å². The van der Waals surface area contributed by atoms with E-state index in [9.17, 15) is 13.2 Å². The fourth-order valence-corrected chi connectivity index (χ4v) is 2.13. The van der Waals surface area contributed by atoms with E-state index in [1.807, 2.05) is 0 Å². The Morgan fingerprint density at radius 1 is 1.29 bits per heavy atom. The minimum Gasteiger partial charge on any atom is -0.376 e. The van der Waals surface area contributed by atoms with Crippen LogP contribution in [0.3, 0.4) is 0 Å². The third-order valence-corrected chi connectivity index (χ3v) is 2.99. The molecule has 1 fully saturated rings. The van der Waals surface area contributed by atoms with Crippen molar-refractivity contribution < 1.29 is 17.9 Å². The van der Waals surface area contributed by atoms with Crippen LogP contribution in [0.25, 0.3) is 0 Å². The molecule has 1 saturated heterocycles. The lowest BCUT2D eigenvalue weighted by Crippen LogP contribution is -2.28. The summed E-state index contributed by atoms with van der Waals surface area (Å²) in [5, 5.41) is 0. The normalized spacial score (nSPS) is 22.7. The number of hydrogen-bond acceptors (Lipinski definition) is 2. The van der Waals surface area contributed by atoms with Gasteiger partial charge in [-0.1, -0.05) is 18.2 Å². The van der Waals surface area contributed by atoms with E-state index in [1.165, 1.54) is 12.1 Å². The van der Waals surface area contributed by atoms with Gasteiger partial charge >= 0.3 is 6.18 Å². The lowest BCUT2D eigenvalue weighted by Gasteiger charge is -2.22. The molecule has 0 aromatic heterocycles.